The molecule has 90 valence electrons. The van der Waals surface area contributed by atoms with Crippen LogP contribution >= 0.6 is 11.3 Å². The first-order valence-corrected chi connectivity index (χ1v) is 5.92. The Labute approximate surface area is 107 Å². The van der Waals surface area contributed by atoms with Crippen molar-refractivity contribution in [2.24, 2.45) is 0 Å². The van der Waals surface area contributed by atoms with Crippen molar-refractivity contribution >= 4 is 17.0 Å². The van der Waals surface area contributed by atoms with Gasteiger partial charge in [-0.05, 0) is 17.5 Å². The van der Waals surface area contributed by atoms with Crippen molar-refractivity contribution in [2.75, 3.05) is 0 Å². The minimum atomic E-state index is -0.582. The van der Waals surface area contributed by atoms with E-state index in [4.69, 9.17) is 10.00 Å². The molecule has 0 spiro atoms. The van der Waals surface area contributed by atoms with E-state index in [-0.39, 0.29) is 11.3 Å². The first-order valence-electron chi connectivity index (χ1n) is 5.04. The van der Waals surface area contributed by atoms with Crippen LogP contribution in [0.4, 0.5) is 5.69 Å². The highest BCUT2D eigenvalue weighted by Gasteiger charge is 2.14. The number of nitro benzene ring substituents is 1. The molecule has 0 N–H and O–H groups in total. The third kappa shape index (κ3) is 2.64. The van der Waals surface area contributed by atoms with Crippen molar-refractivity contribution < 1.29 is 9.66 Å². The van der Waals surface area contributed by atoms with Gasteiger partial charge in [-0.25, -0.2) is 0 Å². The third-order valence-corrected chi connectivity index (χ3v) is 3.10. The number of hydrogen-bond donors (Lipinski definition) is 0. The highest BCUT2D eigenvalue weighted by molar-refractivity contribution is 7.09. The largest absolute Gasteiger partial charge is 0.488 e. The van der Waals surface area contributed by atoms with E-state index in [1.807, 2.05) is 17.5 Å². The number of rotatable bonds is 4. The molecule has 0 saturated carbocycles. The first-order chi connectivity index (χ1) is 8.70. The Morgan fingerprint density at radius 1 is 1.44 bits per heavy atom. The van der Waals surface area contributed by atoms with Crippen LogP contribution in [0.15, 0.2) is 35.7 Å². The Morgan fingerprint density at radius 3 is 2.89 bits per heavy atom. The summed E-state index contributed by atoms with van der Waals surface area (Å²) in [5.41, 5.74) is -0.204. The van der Waals surface area contributed by atoms with Gasteiger partial charge in [-0.1, -0.05) is 6.07 Å². The lowest BCUT2D eigenvalue weighted by Gasteiger charge is -2.04. The number of hydrogen-bond acceptors (Lipinski definition) is 5. The lowest BCUT2D eigenvalue weighted by molar-refractivity contribution is -0.385. The van der Waals surface area contributed by atoms with Crippen molar-refractivity contribution in [3.05, 3.63) is 56.3 Å². The molecule has 1 aromatic carbocycles. The summed E-state index contributed by atoms with van der Waals surface area (Å²) in [6, 6.07) is 9.79. The maximum atomic E-state index is 10.7. The molecule has 1 aromatic heterocycles. The van der Waals surface area contributed by atoms with Crippen LogP contribution in [0.5, 0.6) is 5.75 Å². The molecule has 0 aliphatic rings. The van der Waals surface area contributed by atoms with Gasteiger partial charge in [-0.15, -0.1) is 11.3 Å². The average molecular weight is 260 g/mol. The quantitative estimate of drug-likeness (QED) is 0.625. The van der Waals surface area contributed by atoms with Gasteiger partial charge in [-0.3, -0.25) is 10.1 Å². The van der Waals surface area contributed by atoms with E-state index in [0.29, 0.717) is 12.4 Å². The fourth-order valence-electron chi connectivity index (χ4n) is 1.40. The number of benzene rings is 1. The standard InChI is InChI=1S/C12H8N2O3S/c13-7-9-6-10(3-4-12(9)14(15)16)17-8-11-2-1-5-18-11/h1-6H,8H2. The molecule has 0 amide bonds. The van der Waals surface area contributed by atoms with Gasteiger partial charge in [0, 0.05) is 17.0 Å². The van der Waals surface area contributed by atoms with Gasteiger partial charge >= 0.3 is 0 Å². The fraction of sp³-hybridized carbons (Fsp3) is 0.0833. The second kappa shape index (κ2) is 5.29. The van der Waals surface area contributed by atoms with Crippen LogP contribution in [0, 0.1) is 21.4 Å². The Bertz CT molecular complexity index is 602. The van der Waals surface area contributed by atoms with Crippen molar-refractivity contribution in [1.29, 1.82) is 5.26 Å². The Morgan fingerprint density at radius 2 is 2.28 bits per heavy atom. The summed E-state index contributed by atoms with van der Waals surface area (Å²) in [5.74, 6) is 0.450. The normalized spacial score (nSPS) is 9.72. The molecule has 1 heterocycles. The number of nitriles is 1. The van der Waals surface area contributed by atoms with Crippen LogP contribution in [0.3, 0.4) is 0 Å². The molecule has 0 atom stereocenters. The van der Waals surface area contributed by atoms with Gasteiger partial charge in [0.2, 0.25) is 0 Å². The van der Waals surface area contributed by atoms with Crippen molar-refractivity contribution in [3.8, 4) is 11.8 Å². The molecule has 5 nitrogen and oxygen atoms in total. The maximum Gasteiger partial charge on any atom is 0.287 e. The Balaban J connectivity index is 2.15. The molecule has 0 radical (unpaired) electrons. The van der Waals surface area contributed by atoms with Gasteiger partial charge in [0.15, 0.2) is 0 Å². The van der Waals surface area contributed by atoms with E-state index in [0.717, 1.165) is 4.88 Å². The Kier molecular flexibility index (Phi) is 3.55. The maximum absolute atomic E-state index is 10.7. The van der Waals surface area contributed by atoms with Gasteiger partial charge in [0.25, 0.3) is 5.69 Å². The molecule has 0 fully saturated rings. The number of ether oxygens (including phenoxy) is 1. The first kappa shape index (κ1) is 12.1. The number of nitrogens with zero attached hydrogens (tertiary/aromatic N) is 2. The molecule has 0 saturated heterocycles. The van der Waals surface area contributed by atoms with E-state index in [9.17, 15) is 10.1 Å². The number of nitro groups is 1. The van der Waals surface area contributed by atoms with Crippen LogP contribution in [0.25, 0.3) is 0 Å². The van der Waals surface area contributed by atoms with E-state index in [1.54, 1.807) is 17.4 Å². The topological polar surface area (TPSA) is 76.2 Å². The third-order valence-electron chi connectivity index (χ3n) is 2.25. The molecule has 18 heavy (non-hydrogen) atoms. The summed E-state index contributed by atoms with van der Waals surface area (Å²) in [6.07, 6.45) is 0. The van der Waals surface area contributed by atoms with Crippen molar-refractivity contribution in [2.45, 2.75) is 6.61 Å². The van der Waals surface area contributed by atoms with Crippen molar-refractivity contribution in [3.63, 3.8) is 0 Å². The monoisotopic (exact) mass is 260 g/mol. The zero-order valence-corrected chi connectivity index (χ0v) is 10.0. The fourth-order valence-corrected chi connectivity index (χ4v) is 2.02. The molecule has 2 aromatic rings. The Hall–Kier alpha value is -2.39. The smallest absolute Gasteiger partial charge is 0.287 e. The summed E-state index contributed by atoms with van der Waals surface area (Å²) in [7, 11) is 0. The van der Waals surface area contributed by atoms with Gasteiger partial charge in [0.05, 0.1) is 4.92 Å². The average Bonchev–Trinajstić information content (AvgIpc) is 2.88. The van der Waals surface area contributed by atoms with E-state index < -0.39 is 4.92 Å². The molecular formula is C12H8N2O3S. The predicted molar refractivity (Wildman–Crippen MR) is 66.5 cm³/mol. The van der Waals surface area contributed by atoms with Crippen LogP contribution in [0.1, 0.15) is 10.4 Å². The SMILES string of the molecule is N#Cc1cc(OCc2cccs2)ccc1[N+](=O)[O-]. The van der Waals surface area contributed by atoms with E-state index in [1.165, 1.54) is 18.2 Å². The van der Waals surface area contributed by atoms with Gasteiger partial charge in [-0.2, -0.15) is 5.26 Å². The molecule has 2 rings (SSSR count). The lowest BCUT2D eigenvalue weighted by atomic mass is 10.2. The molecule has 0 aliphatic heterocycles. The van der Waals surface area contributed by atoms with Gasteiger partial charge in [0.1, 0.15) is 24.0 Å². The summed E-state index contributed by atoms with van der Waals surface area (Å²) < 4.78 is 5.46. The van der Waals surface area contributed by atoms with Crippen LogP contribution in [-0.4, -0.2) is 4.92 Å². The second-order valence-corrected chi connectivity index (χ2v) is 4.45. The van der Waals surface area contributed by atoms with Crippen LogP contribution in [0.2, 0.25) is 0 Å². The van der Waals surface area contributed by atoms with Crippen LogP contribution < -0.4 is 4.74 Å². The van der Waals surface area contributed by atoms with Crippen LogP contribution in [-0.2, 0) is 6.61 Å². The molecule has 0 bridgehead atoms. The summed E-state index contributed by atoms with van der Waals surface area (Å²) >= 11 is 1.56. The molecule has 0 aliphatic carbocycles. The molecular weight excluding hydrogens is 252 g/mol. The second-order valence-electron chi connectivity index (χ2n) is 3.42. The predicted octanol–water partition coefficient (Wildman–Crippen LogP) is 3.11. The minimum absolute atomic E-state index is 0.00341. The summed E-state index contributed by atoms with van der Waals surface area (Å²) in [4.78, 5) is 11.1. The minimum Gasteiger partial charge on any atom is -0.488 e. The number of thiophene rings is 1. The summed E-state index contributed by atoms with van der Waals surface area (Å²) in [5, 5.41) is 21.4. The lowest BCUT2D eigenvalue weighted by Crippen LogP contribution is -1.96. The van der Waals surface area contributed by atoms with E-state index >= 15 is 0 Å². The highest BCUT2D eigenvalue weighted by Crippen LogP contribution is 2.24. The van der Waals surface area contributed by atoms with E-state index in [2.05, 4.69) is 0 Å². The summed E-state index contributed by atoms with van der Waals surface area (Å²) in [6.45, 7) is 0.389. The zero-order chi connectivity index (χ0) is 13.0. The van der Waals surface area contributed by atoms with Crippen molar-refractivity contribution in [1.82, 2.24) is 0 Å². The van der Waals surface area contributed by atoms with Gasteiger partial charge < -0.3 is 4.74 Å². The molecule has 6 heteroatoms. The zero-order valence-electron chi connectivity index (χ0n) is 9.20. The molecule has 0 unspecified atom stereocenters. The highest BCUT2D eigenvalue weighted by atomic mass is 32.1.